The van der Waals surface area contributed by atoms with E-state index in [4.69, 9.17) is 28.2 Å². The van der Waals surface area contributed by atoms with Crippen LogP contribution >= 0.6 is 35.0 Å². The first-order valence-corrected chi connectivity index (χ1v) is 11.1. The second-order valence-corrected chi connectivity index (χ2v) is 9.65. The third kappa shape index (κ3) is 3.35. The van der Waals surface area contributed by atoms with Crippen molar-refractivity contribution in [2.75, 3.05) is 5.32 Å². The van der Waals surface area contributed by atoms with Gasteiger partial charge in [0, 0.05) is 33.7 Å². The molecule has 0 saturated heterocycles. The van der Waals surface area contributed by atoms with Crippen molar-refractivity contribution < 1.29 is 0 Å². The van der Waals surface area contributed by atoms with E-state index in [0.717, 1.165) is 38.9 Å². The number of fused-ring (bicyclic) bond motifs is 5. The molecule has 5 nitrogen and oxygen atoms in total. The van der Waals surface area contributed by atoms with Gasteiger partial charge in [0.2, 0.25) is 0 Å². The summed E-state index contributed by atoms with van der Waals surface area (Å²) in [6, 6.07) is 9.71. The summed E-state index contributed by atoms with van der Waals surface area (Å²) in [5.74, 6) is 1.35. The first-order chi connectivity index (χ1) is 14.5. The van der Waals surface area contributed by atoms with E-state index in [1.165, 1.54) is 0 Å². The van der Waals surface area contributed by atoms with Crippen molar-refractivity contribution in [2.45, 2.75) is 24.0 Å². The standard InChI is InChI=1S/C22H17Cl2N5S/c1-11(2)30-12-8-15(23)18(16(24)9-12)22-28-19-13-5-7-25-10-17(13)27-21-14(20(19)29-22)4-3-6-26-21/h3-11H,1-2H3,(H,26,27)(H,28,29). The minimum atomic E-state index is 0.435. The van der Waals surface area contributed by atoms with Gasteiger partial charge in [-0.25, -0.2) is 9.97 Å². The lowest BCUT2D eigenvalue weighted by Crippen LogP contribution is -1.96. The highest BCUT2D eigenvalue weighted by Gasteiger charge is 2.25. The molecule has 8 heteroatoms. The monoisotopic (exact) mass is 453 g/mol. The number of nitrogens with one attached hydrogen (secondary N) is 2. The van der Waals surface area contributed by atoms with Crippen molar-refractivity contribution in [3.05, 3.63) is 59.0 Å². The third-order valence-electron chi connectivity index (χ3n) is 4.73. The molecule has 1 aromatic carbocycles. The minimum Gasteiger partial charge on any atom is -0.338 e. The highest BCUT2D eigenvalue weighted by Crippen LogP contribution is 2.45. The van der Waals surface area contributed by atoms with Crippen molar-refractivity contribution >= 4 is 46.5 Å². The van der Waals surface area contributed by atoms with Crippen LogP contribution in [0, 0.1) is 0 Å². The van der Waals surface area contributed by atoms with Gasteiger partial charge < -0.3 is 10.3 Å². The number of aromatic nitrogens is 4. The molecule has 2 N–H and O–H groups in total. The average molecular weight is 454 g/mol. The molecule has 0 unspecified atom stereocenters. The van der Waals surface area contributed by atoms with Crippen LogP contribution in [0.25, 0.3) is 33.9 Å². The van der Waals surface area contributed by atoms with Gasteiger partial charge in [-0.15, -0.1) is 11.8 Å². The molecule has 1 aliphatic heterocycles. The summed E-state index contributed by atoms with van der Waals surface area (Å²) in [5.41, 5.74) is 5.05. The van der Waals surface area contributed by atoms with Gasteiger partial charge in [0.1, 0.15) is 17.3 Å². The van der Waals surface area contributed by atoms with E-state index in [1.54, 1.807) is 30.4 Å². The van der Waals surface area contributed by atoms with Crippen LogP contribution in [0.3, 0.4) is 0 Å². The maximum atomic E-state index is 6.66. The van der Waals surface area contributed by atoms with Crippen molar-refractivity contribution in [1.82, 2.24) is 19.9 Å². The van der Waals surface area contributed by atoms with Crippen molar-refractivity contribution in [2.24, 2.45) is 0 Å². The summed E-state index contributed by atoms with van der Waals surface area (Å²) in [7, 11) is 0. The van der Waals surface area contributed by atoms with E-state index >= 15 is 0 Å². The Morgan fingerprint density at radius 1 is 1.03 bits per heavy atom. The number of pyridine rings is 2. The number of imidazole rings is 1. The number of anilines is 2. The number of benzene rings is 1. The van der Waals surface area contributed by atoms with Gasteiger partial charge in [0.15, 0.2) is 0 Å². The van der Waals surface area contributed by atoms with Crippen molar-refractivity contribution in [3.8, 4) is 33.9 Å². The van der Waals surface area contributed by atoms with E-state index in [2.05, 4.69) is 34.1 Å². The summed E-state index contributed by atoms with van der Waals surface area (Å²) in [5, 5.41) is 4.92. The Labute approximate surface area is 188 Å². The summed E-state index contributed by atoms with van der Waals surface area (Å²) in [6.07, 6.45) is 5.28. The van der Waals surface area contributed by atoms with Crippen LogP contribution in [0.2, 0.25) is 10.0 Å². The lowest BCUT2D eigenvalue weighted by atomic mass is 10.1. The van der Waals surface area contributed by atoms with Crippen LogP contribution in [0.4, 0.5) is 11.5 Å². The molecule has 150 valence electrons. The fourth-order valence-corrected chi connectivity index (χ4v) is 5.24. The van der Waals surface area contributed by atoms with E-state index < -0.39 is 0 Å². The minimum absolute atomic E-state index is 0.435. The first kappa shape index (κ1) is 19.4. The molecule has 0 bridgehead atoms. The highest BCUT2D eigenvalue weighted by atomic mass is 35.5. The number of aromatic amines is 1. The Hall–Kier alpha value is -2.54. The first-order valence-electron chi connectivity index (χ1n) is 9.44. The second kappa shape index (κ2) is 7.61. The zero-order chi connectivity index (χ0) is 20.8. The zero-order valence-corrected chi connectivity index (χ0v) is 18.5. The Kier molecular flexibility index (Phi) is 4.93. The molecule has 4 heterocycles. The van der Waals surface area contributed by atoms with Crippen molar-refractivity contribution in [1.29, 1.82) is 0 Å². The summed E-state index contributed by atoms with van der Waals surface area (Å²) >= 11 is 15.0. The summed E-state index contributed by atoms with van der Waals surface area (Å²) in [6.45, 7) is 4.27. The third-order valence-corrected chi connectivity index (χ3v) is 6.31. The molecule has 0 amide bonds. The lowest BCUT2D eigenvalue weighted by molar-refractivity contribution is 1.11. The molecule has 0 fully saturated rings. The quantitative estimate of drug-likeness (QED) is 0.286. The topological polar surface area (TPSA) is 66.5 Å². The van der Waals surface area contributed by atoms with Crippen molar-refractivity contribution in [3.63, 3.8) is 0 Å². The number of H-pyrrole nitrogens is 1. The van der Waals surface area contributed by atoms with Gasteiger partial charge in [-0.3, -0.25) is 4.98 Å². The smallest absolute Gasteiger partial charge is 0.141 e. The zero-order valence-electron chi connectivity index (χ0n) is 16.2. The average Bonchev–Trinajstić information content (AvgIpc) is 3.07. The molecule has 0 spiro atoms. The summed E-state index contributed by atoms with van der Waals surface area (Å²) < 4.78 is 0. The van der Waals surface area contributed by atoms with Gasteiger partial charge in [-0.2, -0.15) is 0 Å². The summed E-state index contributed by atoms with van der Waals surface area (Å²) in [4.78, 5) is 18.1. The molecule has 0 atom stereocenters. The van der Waals surface area contributed by atoms with Crippen LogP contribution in [0.1, 0.15) is 13.8 Å². The molecule has 0 radical (unpaired) electrons. The van der Waals surface area contributed by atoms with Crippen LogP contribution < -0.4 is 5.32 Å². The van der Waals surface area contributed by atoms with Gasteiger partial charge in [0.25, 0.3) is 0 Å². The van der Waals surface area contributed by atoms with Gasteiger partial charge in [-0.05, 0) is 30.3 Å². The van der Waals surface area contributed by atoms with Crippen LogP contribution in [-0.4, -0.2) is 25.2 Å². The maximum absolute atomic E-state index is 6.66. The number of hydrogen-bond donors (Lipinski definition) is 2. The fourth-order valence-electron chi connectivity index (χ4n) is 3.53. The van der Waals surface area contributed by atoms with E-state index in [9.17, 15) is 0 Å². The Balaban J connectivity index is 1.71. The highest BCUT2D eigenvalue weighted by molar-refractivity contribution is 7.99. The normalized spacial score (nSPS) is 12.0. The van der Waals surface area contributed by atoms with Gasteiger partial charge in [0.05, 0.1) is 33.2 Å². The molecule has 3 aromatic heterocycles. The molecule has 0 saturated carbocycles. The second-order valence-electron chi connectivity index (χ2n) is 7.18. The van der Waals surface area contributed by atoms with Crippen LogP contribution in [0.5, 0.6) is 0 Å². The molecule has 4 aromatic rings. The largest absolute Gasteiger partial charge is 0.338 e. The SMILES string of the molecule is CC(C)Sc1cc(Cl)c(-c2nc3c([nH]2)-c2ccncc2Nc2ncccc2-3)c(Cl)c1. The number of rotatable bonds is 3. The van der Waals surface area contributed by atoms with Crippen LogP contribution in [-0.2, 0) is 0 Å². The number of nitrogens with zero attached hydrogens (tertiary/aromatic N) is 3. The van der Waals surface area contributed by atoms with E-state index in [1.807, 2.05) is 30.3 Å². The fraction of sp³-hybridized carbons (Fsp3) is 0.136. The number of halogens is 2. The Morgan fingerprint density at radius 2 is 1.83 bits per heavy atom. The molecule has 1 aliphatic rings. The molecular formula is C22H17Cl2N5S. The Bertz CT molecular complexity index is 1180. The van der Waals surface area contributed by atoms with Gasteiger partial charge in [-0.1, -0.05) is 37.0 Å². The Morgan fingerprint density at radius 3 is 2.60 bits per heavy atom. The number of thioether (sulfide) groups is 1. The predicted octanol–water partition coefficient (Wildman–Crippen LogP) is 7.07. The predicted molar refractivity (Wildman–Crippen MR) is 125 cm³/mol. The number of hydrogen-bond acceptors (Lipinski definition) is 5. The molecule has 5 rings (SSSR count). The van der Waals surface area contributed by atoms with E-state index in [0.29, 0.717) is 26.7 Å². The molecular weight excluding hydrogens is 437 g/mol. The van der Waals surface area contributed by atoms with E-state index in [-0.39, 0.29) is 0 Å². The maximum Gasteiger partial charge on any atom is 0.141 e. The lowest BCUT2D eigenvalue weighted by Gasteiger charge is -2.10. The van der Waals surface area contributed by atoms with Crippen LogP contribution in [0.15, 0.2) is 53.8 Å². The molecule has 0 aliphatic carbocycles. The van der Waals surface area contributed by atoms with Gasteiger partial charge >= 0.3 is 0 Å². The molecule has 30 heavy (non-hydrogen) atoms.